The number of likely N-dealkylation sites (tertiary alicyclic amines) is 1. The second kappa shape index (κ2) is 10.5. The molecule has 176 valence electrons. The highest BCUT2D eigenvalue weighted by molar-refractivity contribution is 6.32. The van der Waals surface area contributed by atoms with E-state index in [1.807, 2.05) is 35.2 Å². The van der Waals surface area contributed by atoms with Crippen LogP contribution >= 0.6 is 11.6 Å². The summed E-state index contributed by atoms with van der Waals surface area (Å²) in [6.45, 7) is 3.38. The third-order valence-electron chi connectivity index (χ3n) is 6.74. The smallest absolute Gasteiger partial charge is 0.225 e. The van der Waals surface area contributed by atoms with E-state index in [1.54, 1.807) is 6.20 Å². The molecule has 2 fully saturated rings. The number of anilines is 1. The minimum absolute atomic E-state index is 0.129. The average Bonchev–Trinajstić information content (AvgIpc) is 2.90. The average molecular weight is 476 g/mol. The Morgan fingerprint density at radius 1 is 1.00 bits per heavy atom. The van der Waals surface area contributed by atoms with Crippen LogP contribution in [0.4, 0.5) is 5.95 Å². The van der Waals surface area contributed by atoms with Crippen LogP contribution in [0.1, 0.15) is 25.7 Å². The van der Waals surface area contributed by atoms with Crippen molar-refractivity contribution in [2.75, 3.05) is 31.5 Å². The van der Waals surface area contributed by atoms with Gasteiger partial charge in [0.05, 0.1) is 16.9 Å². The predicted octanol–water partition coefficient (Wildman–Crippen LogP) is 4.87. The maximum atomic E-state index is 13.0. The van der Waals surface area contributed by atoms with Gasteiger partial charge in [-0.15, -0.1) is 0 Å². The highest BCUT2D eigenvalue weighted by Gasteiger charge is 2.30. The first-order chi connectivity index (χ1) is 16.7. The number of halogens is 1. The molecule has 0 spiro atoms. The van der Waals surface area contributed by atoms with Crippen molar-refractivity contribution in [3.05, 3.63) is 65.8 Å². The lowest BCUT2D eigenvalue weighted by atomic mass is 9.95. The quantitative estimate of drug-likeness (QED) is 0.551. The lowest BCUT2D eigenvalue weighted by Gasteiger charge is -2.36. The largest absolute Gasteiger partial charge is 0.350 e. The van der Waals surface area contributed by atoms with Crippen LogP contribution in [0.5, 0.6) is 0 Å². The lowest BCUT2D eigenvalue weighted by molar-refractivity contribution is -0.137. The van der Waals surface area contributed by atoms with Crippen LogP contribution in [-0.4, -0.2) is 53.0 Å². The van der Waals surface area contributed by atoms with Crippen molar-refractivity contribution >= 4 is 23.5 Å². The summed E-state index contributed by atoms with van der Waals surface area (Å²) in [7, 11) is 0. The first-order valence-electron chi connectivity index (χ1n) is 12.1. The number of amides is 1. The highest BCUT2D eigenvalue weighted by atomic mass is 35.5. The molecule has 1 atom stereocenters. The van der Waals surface area contributed by atoms with Crippen molar-refractivity contribution in [2.24, 2.45) is 5.92 Å². The van der Waals surface area contributed by atoms with E-state index in [1.165, 1.54) is 0 Å². The predicted molar refractivity (Wildman–Crippen MR) is 137 cm³/mol. The van der Waals surface area contributed by atoms with Gasteiger partial charge in [-0.3, -0.25) is 4.79 Å². The fraction of sp³-hybridized carbons (Fsp3) is 0.370. The van der Waals surface area contributed by atoms with Gasteiger partial charge in [-0.25, -0.2) is 9.97 Å². The zero-order valence-electron chi connectivity index (χ0n) is 19.2. The second-order valence-corrected chi connectivity index (χ2v) is 9.54. The van der Waals surface area contributed by atoms with Crippen molar-refractivity contribution in [2.45, 2.75) is 31.7 Å². The van der Waals surface area contributed by atoms with Gasteiger partial charge >= 0.3 is 0 Å². The first kappa shape index (κ1) is 22.8. The van der Waals surface area contributed by atoms with Crippen LogP contribution < -0.4 is 10.6 Å². The van der Waals surface area contributed by atoms with Gasteiger partial charge in [-0.05, 0) is 56.0 Å². The summed E-state index contributed by atoms with van der Waals surface area (Å²) in [6, 6.07) is 18.6. The van der Waals surface area contributed by atoms with Crippen molar-refractivity contribution in [3.63, 3.8) is 0 Å². The van der Waals surface area contributed by atoms with E-state index >= 15 is 0 Å². The molecule has 7 heteroatoms. The Morgan fingerprint density at radius 3 is 2.59 bits per heavy atom. The van der Waals surface area contributed by atoms with Gasteiger partial charge in [-0.2, -0.15) is 0 Å². The summed E-state index contributed by atoms with van der Waals surface area (Å²) in [6.07, 6.45) is 5.48. The van der Waals surface area contributed by atoms with E-state index in [4.69, 9.17) is 16.6 Å². The molecule has 2 saturated heterocycles. The van der Waals surface area contributed by atoms with Gasteiger partial charge in [0.15, 0.2) is 0 Å². The summed E-state index contributed by atoms with van der Waals surface area (Å²) in [4.78, 5) is 24.2. The summed E-state index contributed by atoms with van der Waals surface area (Å²) < 4.78 is 0. The van der Waals surface area contributed by atoms with Gasteiger partial charge in [0.1, 0.15) is 0 Å². The van der Waals surface area contributed by atoms with Crippen LogP contribution in [0.15, 0.2) is 60.8 Å². The molecule has 0 unspecified atom stereocenters. The molecular weight excluding hydrogens is 446 g/mol. The van der Waals surface area contributed by atoms with Crippen molar-refractivity contribution in [3.8, 4) is 22.4 Å². The van der Waals surface area contributed by atoms with Crippen molar-refractivity contribution in [1.29, 1.82) is 0 Å². The van der Waals surface area contributed by atoms with Gasteiger partial charge in [0, 0.05) is 30.6 Å². The maximum Gasteiger partial charge on any atom is 0.225 e. The summed E-state index contributed by atoms with van der Waals surface area (Å²) in [5.74, 6) is 0.990. The minimum Gasteiger partial charge on any atom is -0.350 e. The molecule has 3 heterocycles. The molecule has 0 saturated carbocycles. The molecule has 0 radical (unpaired) electrons. The molecule has 1 amide bonds. The zero-order chi connectivity index (χ0) is 23.3. The first-order valence-corrected chi connectivity index (χ1v) is 12.5. The van der Waals surface area contributed by atoms with Crippen LogP contribution in [0, 0.1) is 5.92 Å². The van der Waals surface area contributed by atoms with E-state index in [0.29, 0.717) is 29.1 Å². The zero-order valence-corrected chi connectivity index (χ0v) is 20.0. The molecule has 34 heavy (non-hydrogen) atoms. The molecule has 5 rings (SSSR count). The third-order valence-corrected chi connectivity index (χ3v) is 7.02. The molecule has 2 aliphatic rings. The maximum absolute atomic E-state index is 13.0. The SMILES string of the molecule is O=C(C1CCNCC1)N1CCC[C@H](Nc2ncc(Cl)c(-c3cccc(-c4ccccc4)c3)n2)C1. The van der Waals surface area contributed by atoms with Gasteiger partial charge < -0.3 is 15.5 Å². The Morgan fingerprint density at radius 2 is 1.76 bits per heavy atom. The second-order valence-electron chi connectivity index (χ2n) is 9.13. The number of rotatable bonds is 5. The number of hydrogen-bond donors (Lipinski definition) is 2. The van der Waals surface area contributed by atoms with E-state index in [0.717, 1.165) is 62.0 Å². The van der Waals surface area contributed by atoms with Gasteiger partial charge in [-0.1, -0.05) is 60.1 Å². The van der Waals surface area contributed by atoms with Gasteiger partial charge in [0.25, 0.3) is 0 Å². The number of nitrogens with zero attached hydrogens (tertiary/aromatic N) is 3. The molecule has 1 aromatic heterocycles. The Labute approximate surface area is 205 Å². The van der Waals surface area contributed by atoms with Crippen LogP contribution in [0.3, 0.4) is 0 Å². The number of nitrogens with one attached hydrogen (secondary N) is 2. The van der Waals surface area contributed by atoms with E-state index in [2.05, 4.69) is 39.9 Å². The molecule has 6 nitrogen and oxygen atoms in total. The molecular formula is C27H30ClN5O. The topological polar surface area (TPSA) is 70.2 Å². The van der Waals surface area contributed by atoms with Crippen LogP contribution in [-0.2, 0) is 4.79 Å². The van der Waals surface area contributed by atoms with Gasteiger partial charge in [0.2, 0.25) is 11.9 Å². The summed E-state index contributed by atoms with van der Waals surface area (Å²) in [5.41, 5.74) is 3.91. The molecule has 2 N–H and O–H groups in total. The molecule has 3 aromatic rings. The summed E-state index contributed by atoms with van der Waals surface area (Å²) >= 11 is 6.51. The Balaban J connectivity index is 1.31. The van der Waals surface area contributed by atoms with Crippen molar-refractivity contribution < 1.29 is 4.79 Å². The third kappa shape index (κ3) is 5.24. The number of benzene rings is 2. The number of piperidine rings is 2. The monoisotopic (exact) mass is 475 g/mol. The minimum atomic E-state index is 0.129. The fourth-order valence-corrected chi connectivity index (χ4v) is 5.12. The number of hydrogen-bond acceptors (Lipinski definition) is 5. The number of carbonyl (C=O) groups is 1. The number of aromatic nitrogens is 2. The Hall–Kier alpha value is -2.96. The Bertz CT molecular complexity index is 1130. The number of carbonyl (C=O) groups excluding carboxylic acids is 1. The van der Waals surface area contributed by atoms with Crippen LogP contribution in [0.25, 0.3) is 22.4 Å². The summed E-state index contributed by atoms with van der Waals surface area (Å²) in [5, 5.41) is 7.32. The van der Waals surface area contributed by atoms with Crippen molar-refractivity contribution in [1.82, 2.24) is 20.2 Å². The molecule has 0 aliphatic carbocycles. The fourth-order valence-electron chi connectivity index (χ4n) is 4.92. The van der Waals surface area contributed by atoms with E-state index in [-0.39, 0.29) is 12.0 Å². The highest BCUT2D eigenvalue weighted by Crippen LogP contribution is 2.30. The normalized spacial score (nSPS) is 19.1. The van der Waals surface area contributed by atoms with E-state index in [9.17, 15) is 4.79 Å². The van der Waals surface area contributed by atoms with Crippen LogP contribution in [0.2, 0.25) is 5.02 Å². The molecule has 2 aliphatic heterocycles. The molecule has 0 bridgehead atoms. The molecule has 2 aromatic carbocycles. The van der Waals surface area contributed by atoms with E-state index < -0.39 is 0 Å². The lowest BCUT2D eigenvalue weighted by Crippen LogP contribution is -2.48. The standard InChI is InChI=1S/C27H30ClN5O/c28-24-17-30-27(31-23-10-5-15-33(18-23)26(34)20-11-13-29-14-12-20)32-25(24)22-9-4-8-21(16-22)19-6-2-1-3-7-19/h1-4,6-9,16-17,20,23,29H,5,10-15,18H2,(H,30,31,32)/t23-/m0/s1. The Kier molecular flexibility index (Phi) is 7.07.